The average Bonchev–Trinajstić information content (AvgIpc) is 2.87. The first kappa shape index (κ1) is 24.6. The summed E-state index contributed by atoms with van der Waals surface area (Å²) < 4.78 is 16.8. The van der Waals surface area contributed by atoms with Crippen LogP contribution in [0.5, 0.6) is 11.5 Å². The van der Waals surface area contributed by atoms with Gasteiger partial charge in [-0.1, -0.05) is 43.3 Å². The number of Topliss-reactive ketones (excluding diaryl/α,β-unsaturated/α-hetero) is 1. The van der Waals surface area contributed by atoms with Crippen LogP contribution in [0.3, 0.4) is 0 Å². The Balaban J connectivity index is 1.81. The highest BCUT2D eigenvalue weighted by Crippen LogP contribution is 2.47. The van der Waals surface area contributed by atoms with Crippen LogP contribution in [0.15, 0.2) is 71.1 Å². The summed E-state index contributed by atoms with van der Waals surface area (Å²) in [7, 11) is 1.59. The standard InChI is InChI=1S/C29H33NO5/c1-5-14-35-29(32)26-18(3)30-22-15-21(19-10-8-7-9-11-19)16-23(31)28(22)27(26)20-12-13-24(34-6-2)25(17-20)33-4/h7-13,17,21,27,30H,5-6,14-16H2,1-4H3. The van der Waals surface area contributed by atoms with Crippen molar-refractivity contribution in [2.24, 2.45) is 0 Å². The number of carbonyl (C=O) groups excluding carboxylic acids is 2. The van der Waals surface area contributed by atoms with Gasteiger partial charge in [0, 0.05) is 29.3 Å². The first-order chi connectivity index (χ1) is 17.0. The van der Waals surface area contributed by atoms with Crippen LogP contribution in [0.1, 0.15) is 63.0 Å². The van der Waals surface area contributed by atoms with Gasteiger partial charge in [0.2, 0.25) is 0 Å². The number of hydrogen-bond donors (Lipinski definition) is 1. The molecule has 0 amide bonds. The minimum Gasteiger partial charge on any atom is -0.493 e. The molecule has 2 aromatic rings. The summed E-state index contributed by atoms with van der Waals surface area (Å²) >= 11 is 0. The lowest BCUT2D eigenvalue weighted by Gasteiger charge is -2.36. The van der Waals surface area contributed by atoms with Gasteiger partial charge >= 0.3 is 5.97 Å². The normalized spacial score (nSPS) is 19.7. The molecule has 0 spiro atoms. The molecule has 184 valence electrons. The number of esters is 1. The van der Waals surface area contributed by atoms with E-state index in [0.29, 0.717) is 54.4 Å². The lowest BCUT2D eigenvalue weighted by Crippen LogP contribution is -2.36. The van der Waals surface area contributed by atoms with E-state index in [1.54, 1.807) is 7.11 Å². The second-order valence-electron chi connectivity index (χ2n) is 8.91. The van der Waals surface area contributed by atoms with E-state index in [1.807, 2.05) is 57.2 Å². The molecule has 0 radical (unpaired) electrons. The topological polar surface area (TPSA) is 73.9 Å². The molecule has 0 saturated carbocycles. The summed E-state index contributed by atoms with van der Waals surface area (Å²) in [6.45, 7) is 6.57. The maximum absolute atomic E-state index is 13.7. The minimum absolute atomic E-state index is 0.0405. The Bertz CT molecular complexity index is 1160. The van der Waals surface area contributed by atoms with Crippen molar-refractivity contribution in [3.05, 3.63) is 82.2 Å². The Labute approximate surface area is 207 Å². The Hall–Kier alpha value is -3.54. The van der Waals surface area contributed by atoms with Gasteiger partial charge in [-0.3, -0.25) is 4.79 Å². The first-order valence-electron chi connectivity index (χ1n) is 12.2. The molecule has 0 bridgehead atoms. The molecule has 1 heterocycles. The molecule has 6 nitrogen and oxygen atoms in total. The smallest absolute Gasteiger partial charge is 0.336 e. The van der Waals surface area contributed by atoms with Crippen molar-refractivity contribution in [3.8, 4) is 11.5 Å². The average molecular weight is 476 g/mol. The summed E-state index contributed by atoms with van der Waals surface area (Å²) in [5.74, 6) is 0.375. The molecular formula is C29H33NO5. The molecule has 6 heteroatoms. The fourth-order valence-corrected chi connectivity index (χ4v) is 5.01. The lowest BCUT2D eigenvalue weighted by atomic mass is 9.71. The zero-order valence-corrected chi connectivity index (χ0v) is 20.9. The van der Waals surface area contributed by atoms with Crippen LogP contribution in [-0.2, 0) is 14.3 Å². The third-order valence-electron chi connectivity index (χ3n) is 6.58. The fourth-order valence-electron chi connectivity index (χ4n) is 5.01. The monoisotopic (exact) mass is 475 g/mol. The van der Waals surface area contributed by atoms with Gasteiger partial charge < -0.3 is 19.5 Å². The van der Waals surface area contributed by atoms with Gasteiger partial charge in [0.25, 0.3) is 0 Å². The van der Waals surface area contributed by atoms with E-state index in [9.17, 15) is 9.59 Å². The van der Waals surface area contributed by atoms with Crippen LogP contribution < -0.4 is 14.8 Å². The number of dihydropyridines is 1. The van der Waals surface area contributed by atoms with Crippen molar-refractivity contribution in [1.82, 2.24) is 5.32 Å². The van der Waals surface area contributed by atoms with Crippen LogP contribution in [0, 0.1) is 0 Å². The maximum Gasteiger partial charge on any atom is 0.336 e. The number of allylic oxidation sites excluding steroid dienone is 3. The van der Waals surface area contributed by atoms with Gasteiger partial charge in [0.15, 0.2) is 17.3 Å². The molecule has 1 aliphatic heterocycles. The zero-order chi connectivity index (χ0) is 24.9. The molecule has 0 saturated heterocycles. The quantitative estimate of drug-likeness (QED) is 0.515. The summed E-state index contributed by atoms with van der Waals surface area (Å²) in [6, 6.07) is 15.7. The highest BCUT2D eigenvalue weighted by Gasteiger charge is 2.41. The summed E-state index contributed by atoms with van der Waals surface area (Å²) in [6.07, 6.45) is 1.81. The van der Waals surface area contributed by atoms with Crippen LogP contribution in [0.25, 0.3) is 0 Å². The predicted molar refractivity (Wildman–Crippen MR) is 134 cm³/mol. The van der Waals surface area contributed by atoms with E-state index in [4.69, 9.17) is 14.2 Å². The SMILES string of the molecule is CCCOC(=O)C1=C(C)NC2=C(C(=O)CC(c3ccccc3)C2)C1c1ccc(OCC)c(OC)c1. The molecule has 0 aromatic heterocycles. The maximum atomic E-state index is 13.7. The summed E-state index contributed by atoms with van der Waals surface area (Å²) in [5, 5.41) is 3.40. The predicted octanol–water partition coefficient (Wildman–Crippen LogP) is 5.41. The number of hydrogen-bond acceptors (Lipinski definition) is 6. The van der Waals surface area contributed by atoms with Crippen molar-refractivity contribution in [2.45, 2.75) is 51.9 Å². The van der Waals surface area contributed by atoms with Crippen LogP contribution in [-0.4, -0.2) is 32.1 Å². The molecule has 4 rings (SSSR count). The van der Waals surface area contributed by atoms with Crippen LogP contribution in [0.2, 0.25) is 0 Å². The molecule has 2 aromatic carbocycles. The minimum atomic E-state index is -0.538. The van der Waals surface area contributed by atoms with Gasteiger partial charge in [0.1, 0.15) is 0 Å². The Kier molecular flexibility index (Phi) is 7.59. The number of ether oxygens (including phenoxy) is 3. The largest absolute Gasteiger partial charge is 0.493 e. The Morgan fingerprint density at radius 2 is 1.80 bits per heavy atom. The fraction of sp³-hybridized carbons (Fsp3) is 0.379. The number of rotatable bonds is 8. The molecule has 2 unspecified atom stereocenters. The lowest BCUT2D eigenvalue weighted by molar-refractivity contribution is -0.139. The van der Waals surface area contributed by atoms with Gasteiger partial charge in [-0.15, -0.1) is 0 Å². The van der Waals surface area contributed by atoms with E-state index in [1.165, 1.54) is 0 Å². The second-order valence-corrected chi connectivity index (χ2v) is 8.91. The van der Waals surface area contributed by atoms with Gasteiger partial charge in [0.05, 0.1) is 25.9 Å². The number of benzene rings is 2. The van der Waals surface area contributed by atoms with Crippen molar-refractivity contribution >= 4 is 11.8 Å². The molecule has 2 aliphatic rings. The third kappa shape index (κ3) is 4.97. The molecule has 2 atom stereocenters. The van der Waals surface area contributed by atoms with Crippen LogP contribution >= 0.6 is 0 Å². The van der Waals surface area contributed by atoms with Crippen molar-refractivity contribution in [3.63, 3.8) is 0 Å². The third-order valence-corrected chi connectivity index (χ3v) is 6.58. The second kappa shape index (κ2) is 10.8. The number of carbonyl (C=O) groups is 2. The molecule has 1 aliphatic carbocycles. The summed E-state index contributed by atoms with van der Waals surface area (Å²) in [4.78, 5) is 26.9. The highest BCUT2D eigenvalue weighted by atomic mass is 16.5. The van der Waals surface area contributed by atoms with Gasteiger partial charge in [-0.25, -0.2) is 4.79 Å². The van der Waals surface area contributed by atoms with E-state index >= 15 is 0 Å². The zero-order valence-electron chi connectivity index (χ0n) is 20.9. The van der Waals surface area contributed by atoms with E-state index in [-0.39, 0.29) is 11.7 Å². The molecule has 1 N–H and O–H groups in total. The van der Waals surface area contributed by atoms with Crippen molar-refractivity contribution < 1.29 is 23.8 Å². The van der Waals surface area contributed by atoms with E-state index in [2.05, 4.69) is 17.4 Å². The highest BCUT2D eigenvalue weighted by molar-refractivity contribution is 6.04. The number of nitrogens with one attached hydrogen (secondary N) is 1. The van der Waals surface area contributed by atoms with Gasteiger partial charge in [-0.05, 0) is 55.9 Å². The van der Waals surface area contributed by atoms with Crippen molar-refractivity contribution in [2.75, 3.05) is 20.3 Å². The number of ketones is 1. The van der Waals surface area contributed by atoms with E-state index in [0.717, 1.165) is 23.2 Å². The molecule has 0 fully saturated rings. The van der Waals surface area contributed by atoms with Crippen molar-refractivity contribution in [1.29, 1.82) is 0 Å². The molecule has 35 heavy (non-hydrogen) atoms. The van der Waals surface area contributed by atoms with E-state index < -0.39 is 11.9 Å². The first-order valence-corrected chi connectivity index (χ1v) is 12.2. The molecular weight excluding hydrogens is 442 g/mol. The Morgan fingerprint density at radius 3 is 2.49 bits per heavy atom. The number of methoxy groups -OCH3 is 1. The van der Waals surface area contributed by atoms with Gasteiger partial charge in [-0.2, -0.15) is 0 Å². The summed E-state index contributed by atoms with van der Waals surface area (Å²) in [5.41, 5.74) is 4.63. The Morgan fingerprint density at radius 1 is 1.03 bits per heavy atom. The van der Waals surface area contributed by atoms with Crippen LogP contribution in [0.4, 0.5) is 0 Å².